The second-order valence-corrected chi connectivity index (χ2v) is 7.68. The van der Waals surface area contributed by atoms with Gasteiger partial charge in [0.1, 0.15) is 18.2 Å². The SMILES string of the molecule is Cc1ccc(OCC(C)NC(=O)C2CCN(Cc3ccccc3F)CC2)cc1. The molecule has 1 heterocycles. The zero-order valence-electron chi connectivity index (χ0n) is 16.7. The number of rotatable bonds is 7. The second-order valence-electron chi connectivity index (χ2n) is 7.68. The summed E-state index contributed by atoms with van der Waals surface area (Å²) in [5.41, 5.74) is 1.90. The molecule has 5 heteroatoms. The van der Waals surface area contributed by atoms with E-state index in [1.165, 1.54) is 11.6 Å². The molecule has 150 valence electrons. The van der Waals surface area contributed by atoms with Crippen molar-refractivity contribution in [1.29, 1.82) is 0 Å². The van der Waals surface area contributed by atoms with E-state index in [1.807, 2.05) is 50.2 Å². The molecule has 28 heavy (non-hydrogen) atoms. The van der Waals surface area contributed by atoms with Gasteiger partial charge in [0, 0.05) is 18.0 Å². The predicted molar refractivity (Wildman–Crippen MR) is 109 cm³/mol. The van der Waals surface area contributed by atoms with Crippen molar-refractivity contribution in [3.8, 4) is 5.75 Å². The van der Waals surface area contributed by atoms with Crippen molar-refractivity contribution in [3.05, 3.63) is 65.5 Å². The molecule has 2 aromatic rings. The average Bonchev–Trinajstić information content (AvgIpc) is 2.70. The first kappa shape index (κ1) is 20.3. The van der Waals surface area contributed by atoms with Crippen LogP contribution >= 0.6 is 0 Å². The average molecular weight is 384 g/mol. The summed E-state index contributed by atoms with van der Waals surface area (Å²) in [7, 11) is 0. The van der Waals surface area contributed by atoms with E-state index in [0.717, 1.165) is 31.7 Å². The number of ether oxygens (including phenoxy) is 1. The number of nitrogens with zero attached hydrogens (tertiary/aromatic N) is 1. The monoisotopic (exact) mass is 384 g/mol. The lowest BCUT2D eigenvalue weighted by Gasteiger charge is -2.32. The van der Waals surface area contributed by atoms with Crippen LogP contribution in [0.1, 0.15) is 30.9 Å². The molecule has 1 aliphatic heterocycles. The Morgan fingerprint density at radius 2 is 1.86 bits per heavy atom. The van der Waals surface area contributed by atoms with Crippen LogP contribution in [0.5, 0.6) is 5.75 Å². The van der Waals surface area contributed by atoms with E-state index >= 15 is 0 Å². The highest BCUT2D eigenvalue weighted by Gasteiger charge is 2.26. The Bertz CT molecular complexity index is 770. The highest BCUT2D eigenvalue weighted by molar-refractivity contribution is 5.79. The van der Waals surface area contributed by atoms with Crippen molar-refractivity contribution < 1.29 is 13.9 Å². The Labute approximate surface area is 166 Å². The third-order valence-electron chi connectivity index (χ3n) is 5.22. The van der Waals surface area contributed by atoms with Crippen molar-refractivity contribution in [1.82, 2.24) is 10.2 Å². The maximum Gasteiger partial charge on any atom is 0.223 e. The summed E-state index contributed by atoms with van der Waals surface area (Å²) >= 11 is 0. The molecule has 3 rings (SSSR count). The van der Waals surface area contributed by atoms with Crippen molar-refractivity contribution in [3.63, 3.8) is 0 Å². The summed E-state index contributed by atoms with van der Waals surface area (Å²) in [5, 5.41) is 3.06. The van der Waals surface area contributed by atoms with Gasteiger partial charge in [-0.2, -0.15) is 0 Å². The number of likely N-dealkylation sites (tertiary alicyclic amines) is 1. The van der Waals surface area contributed by atoms with Crippen LogP contribution in [0.3, 0.4) is 0 Å². The van der Waals surface area contributed by atoms with Gasteiger partial charge in [-0.15, -0.1) is 0 Å². The fourth-order valence-corrected chi connectivity index (χ4v) is 3.48. The molecule has 0 saturated carbocycles. The summed E-state index contributed by atoms with van der Waals surface area (Å²) in [6.45, 7) is 6.65. The van der Waals surface area contributed by atoms with E-state index in [2.05, 4.69) is 10.2 Å². The van der Waals surface area contributed by atoms with Crippen LogP contribution in [0.4, 0.5) is 4.39 Å². The lowest BCUT2D eigenvalue weighted by molar-refractivity contribution is -0.127. The highest BCUT2D eigenvalue weighted by Crippen LogP contribution is 2.20. The molecule has 1 N–H and O–H groups in total. The van der Waals surface area contributed by atoms with Crippen molar-refractivity contribution in [2.45, 2.75) is 39.3 Å². The Morgan fingerprint density at radius 1 is 1.18 bits per heavy atom. The molecule has 1 unspecified atom stereocenters. The Hall–Kier alpha value is -2.40. The van der Waals surface area contributed by atoms with Gasteiger partial charge in [0.2, 0.25) is 5.91 Å². The number of carbonyl (C=O) groups is 1. The van der Waals surface area contributed by atoms with E-state index in [-0.39, 0.29) is 23.7 Å². The number of hydrogen-bond acceptors (Lipinski definition) is 3. The van der Waals surface area contributed by atoms with E-state index in [0.29, 0.717) is 18.7 Å². The number of nitrogens with one attached hydrogen (secondary N) is 1. The number of piperidine rings is 1. The van der Waals surface area contributed by atoms with E-state index < -0.39 is 0 Å². The number of carbonyl (C=O) groups excluding carboxylic acids is 1. The fourth-order valence-electron chi connectivity index (χ4n) is 3.48. The van der Waals surface area contributed by atoms with Gasteiger partial charge in [0.05, 0.1) is 6.04 Å². The summed E-state index contributed by atoms with van der Waals surface area (Å²) in [6.07, 6.45) is 1.59. The molecule has 2 aromatic carbocycles. The minimum absolute atomic E-state index is 0.0127. The summed E-state index contributed by atoms with van der Waals surface area (Å²) in [6, 6.07) is 14.7. The third-order valence-corrected chi connectivity index (χ3v) is 5.22. The fraction of sp³-hybridized carbons (Fsp3) is 0.435. The lowest BCUT2D eigenvalue weighted by Crippen LogP contribution is -2.44. The van der Waals surface area contributed by atoms with E-state index in [1.54, 1.807) is 6.07 Å². The number of hydrogen-bond donors (Lipinski definition) is 1. The smallest absolute Gasteiger partial charge is 0.223 e. The van der Waals surface area contributed by atoms with Crippen LogP contribution < -0.4 is 10.1 Å². The van der Waals surface area contributed by atoms with Gasteiger partial charge in [0.15, 0.2) is 0 Å². The van der Waals surface area contributed by atoms with Gasteiger partial charge >= 0.3 is 0 Å². The van der Waals surface area contributed by atoms with Gasteiger partial charge < -0.3 is 10.1 Å². The van der Waals surface area contributed by atoms with Crippen LogP contribution in [0.15, 0.2) is 48.5 Å². The number of aryl methyl sites for hydroxylation is 1. The van der Waals surface area contributed by atoms with Crippen molar-refractivity contribution >= 4 is 5.91 Å². The van der Waals surface area contributed by atoms with Crippen LogP contribution in [-0.4, -0.2) is 36.5 Å². The van der Waals surface area contributed by atoms with Crippen LogP contribution in [0, 0.1) is 18.7 Å². The molecule has 1 fully saturated rings. The lowest BCUT2D eigenvalue weighted by atomic mass is 9.95. The molecule has 1 atom stereocenters. The quantitative estimate of drug-likeness (QED) is 0.786. The molecule has 1 amide bonds. The molecule has 0 aliphatic carbocycles. The topological polar surface area (TPSA) is 41.6 Å². The maximum atomic E-state index is 13.8. The molecular formula is C23H29FN2O2. The molecule has 4 nitrogen and oxygen atoms in total. The zero-order chi connectivity index (χ0) is 19.9. The molecule has 0 bridgehead atoms. The number of benzene rings is 2. The van der Waals surface area contributed by atoms with Gasteiger partial charge in [-0.1, -0.05) is 35.9 Å². The van der Waals surface area contributed by atoms with Crippen LogP contribution in [0.2, 0.25) is 0 Å². The van der Waals surface area contributed by atoms with E-state index in [9.17, 15) is 9.18 Å². The van der Waals surface area contributed by atoms with Gasteiger partial charge in [0.25, 0.3) is 0 Å². The standard InChI is InChI=1S/C23H29FN2O2/c1-17-7-9-21(10-8-17)28-16-18(2)25-23(27)19-11-13-26(14-12-19)15-20-5-3-4-6-22(20)24/h3-10,18-19H,11-16H2,1-2H3,(H,25,27). The second kappa shape index (κ2) is 9.69. The molecular weight excluding hydrogens is 355 g/mol. The first-order chi connectivity index (χ1) is 13.5. The normalized spacial score (nSPS) is 16.5. The first-order valence-electron chi connectivity index (χ1n) is 9.97. The zero-order valence-corrected chi connectivity index (χ0v) is 16.7. The Kier molecular flexibility index (Phi) is 7.04. The molecule has 1 saturated heterocycles. The van der Waals surface area contributed by atoms with Gasteiger partial charge in [-0.3, -0.25) is 9.69 Å². The van der Waals surface area contributed by atoms with Gasteiger partial charge in [-0.25, -0.2) is 4.39 Å². The summed E-state index contributed by atoms with van der Waals surface area (Å²) < 4.78 is 19.6. The van der Waals surface area contributed by atoms with Crippen LogP contribution in [0.25, 0.3) is 0 Å². The van der Waals surface area contributed by atoms with Crippen molar-refractivity contribution in [2.75, 3.05) is 19.7 Å². The van der Waals surface area contributed by atoms with Crippen molar-refractivity contribution in [2.24, 2.45) is 5.92 Å². The minimum Gasteiger partial charge on any atom is -0.491 e. The summed E-state index contributed by atoms with van der Waals surface area (Å²) in [5.74, 6) is 0.752. The third kappa shape index (κ3) is 5.80. The summed E-state index contributed by atoms with van der Waals surface area (Å²) in [4.78, 5) is 14.8. The van der Waals surface area contributed by atoms with E-state index in [4.69, 9.17) is 4.74 Å². The predicted octanol–water partition coefficient (Wildman–Crippen LogP) is 3.93. The number of amides is 1. The maximum absolute atomic E-state index is 13.8. The Morgan fingerprint density at radius 3 is 2.54 bits per heavy atom. The number of halogens is 1. The highest BCUT2D eigenvalue weighted by atomic mass is 19.1. The van der Waals surface area contributed by atoms with Gasteiger partial charge in [-0.05, 0) is 58.0 Å². The Balaban J connectivity index is 1.39. The molecule has 0 aromatic heterocycles. The van der Waals surface area contributed by atoms with Crippen LogP contribution in [-0.2, 0) is 11.3 Å². The largest absolute Gasteiger partial charge is 0.491 e. The minimum atomic E-state index is -0.162. The molecule has 1 aliphatic rings. The first-order valence-corrected chi connectivity index (χ1v) is 9.97. The molecule has 0 spiro atoms. The molecule has 0 radical (unpaired) electrons.